The van der Waals surface area contributed by atoms with Crippen LogP contribution in [-0.4, -0.2) is 41.0 Å². The van der Waals surface area contributed by atoms with E-state index < -0.39 is 23.4 Å². The Bertz CT molecular complexity index is 1170. The van der Waals surface area contributed by atoms with Gasteiger partial charge in [-0.2, -0.15) is 20.3 Å². The van der Waals surface area contributed by atoms with E-state index in [1.807, 2.05) is 6.07 Å². The summed E-state index contributed by atoms with van der Waals surface area (Å²) >= 11 is 5.95. The summed E-state index contributed by atoms with van der Waals surface area (Å²) in [4.78, 5) is 13.2. The van der Waals surface area contributed by atoms with Crippen LogP contribution in [0.3, 0.4) is 0 Å². The molecule has 0 aliphatic heterocycles. The molecule has 0 saturated carbocycles. The Balaban J connectivity index is 2.14. The molecule has 31 heavy (non-hydrogen) atoms. The number of alkyl halides is 3. The number of nitriles is 1. The number of methoxy groups -OCH3 is 1. The lowest BCUT2D eigenvalue weighted by Gasteiger charge is -2.28. The minimum absolute atomic E-state index is 0.106. The lowest BCUT2D eigenvalue weighted by Crippen LogP contribution is -2.38. The van der Waals surface area contributed by atoms with Crippen LogP contribution in [0, 0.1) is 11.3 Å². The standard InChI is InChI=1S/C19H15ClF3N5O3/c1-30-10-18(8-24,9-28-26-15-5-2-11(20)6-16(15)27-28)14-7-12(31-19(21,22)23)3-4-13(14)17(25)29/h2-7H,9-10H2,1H3,(H2,25,29). The molecule has 3 rings (SSSR count). The average molecular weight is 454 g/mol. The van der Waals surface area contributed by atoms with Crippen LogP contribution in [0.4, 0.5) is 13.2 Å². The lowest BCUT2D eigenvalue weighted by molar-refractivity contribution is -0.274. The Morgan fingerprint density at radius 2 is 1.94 bits per heavy atom. The van der Waals surface area contributed by atoms with Gasteiger partial charge in [0.2, 0.25) is 5.91 Å². The number of amides is 1. The number of ether oxygens (including phenoxy) is 2. The van der Waals surface area contributed by atoms with E-state index >= 15 is 0 Å². The molecule has 1 unspecified atom stereocenters. The number of hydrogen-bond acceptors (Lipinski definition) is 6. The minimum atomic E-state index is -4.97. The largest absolute Gasteiger partial charge is 0.573 e. The van der Waals surface area contributed by atoms with E-state index in [2.05, 4.69) is 14.9 Å². The maximum absolute atomic E-state index is 12.7. The zero-order valence-electron chi connectivity index (χ0n) is 16.0. The zero-order chi connectivity index (χ0) is 22.8. The van der Waals surface area contributed by atoms with Gasteiger partial charge >= 0.3 is 6.36 Å². The van der Waals surface area contributed by atoms with E-state index in [-0.39, 0.29) is 24.3 Å². The van der Waals surface area contributed by atoms with E-state index in [0.717, 1.165) is 18.2 Å². The summed E-state index contributed by atoms with van der Waals surface area (Å²) < 4.78 is 47.3. The molecule has 8 nitrogen and oxygen atoms in total. The fourth-order valence-electron chi connectivity index (χ4n) is 3.16. The fraction of sp³-hybridized carbons (Fsp3) is 0.263. The molecule has 0 bridgehead atoms. The molecule has 0 radical (unpaired) electrons. The fourth-order valence-corrected chi connectivity index (χ4v) is 3.32. The molecule has 2 N–H and O–H groups in total. The molecule has 3 aromatic rings. The molecular formula is C19H15ClF3N5O3. The predicted molar refractivity (Wildman–Crippen MR) is 103 cm³/mol. The van der Waals surface area contributed by atoms with Crippen molar-refractivity contribution in [3.63, 3.8) is 0 Å². The number of primary amides is 1. The van der Waals surface area contributed by atoms with Gasteiger partial charge in [0.15, 0.2) is 0 Å². The summed E-state index contributed by atoms with van der Waals surface area (Å²) in [6.07, 6.45) is -4.97. The Hall–Kier alpha value is -3.36. The van der Waals surface area contributed by atoms with Gasteiger partial charge in [0.05, 0.1) is 19.2 Å². The van der Waals surface area contributed by atoms with E-state index in [9.17, 15) is 23.2 Å². The molecule has 1 heterocycles. The Labute approximate surface area is 178 Å². The van der Waals surface area contributed by atoms with Gasteiger partial charge in [-0.1, -0.05) is 11.6 Å². The third-order valence-electron chi connectivity index (χ3n) is 4.41. The minimum Gasteiger partial charge on any atom is -0.406 e. The first-order valence-corrected chi connectivity index (χ1v) is 9.05. The highest BCUT2D eigenvalue weighted by Gasteiger charge is 2.39. The van der Waals surface area contributed by atoms with Gasteiger partial charge in [-0.15, -0.1) is 13.2 Å². The molecule has 0 aliphatic rings. The highest BCUT2D eigenvalue weighted by atomic mass is 35.5. The van der Waals surface area contributed by atoms with Gasteiger partial charge in [0, 0.05) is 17.7 Å². The Kier molecular flexibility index (Phi) is 6.06. The number of carbonyl (C=O) groups excluding carboxylic acids is 1. The number of halogens is 4. The summed E-state index contributed by atoms with van der Waals surface area (Å²) in [5.41, 5.74) is 4.41. The van der Waals surface area contributed by atoms with E-state index in [4.69, 9.17) is 22.1 Å². The highest BCUT2D eigenvalue weighted by molar-refractivity contribution is 6.31. The molecule has 162 valence electrons. The zero-order valence-corrected chi connectivity index (χ0v) is 16.7. The van der Waals surface area contributed by atoms with E-state index in [1.54, 1.807) is 18.2 Å². The van der Waals surface area contributed by atoms with Crippen LogP contribution in [0.1, 0.15) is 15.9 Å². The molecular weight excluding hydrogens is 439 g/mol. The van der Waals surface area contributed by atoms with Gasteiger partial charge in [0.25, 0.3) is 0 Å². The SMILES string of the molecule is COCC(C#N)(Cn1nc2ccc(Cl)cc2n1)c1cc(OC(F)(F)F)ccc1C(N)=O. The van der Waals surface area contributed by atoms with Gasteiger partial charge in [0.1, 0.15) is 22.2 Å². The molecule has 0 saturated heterocycles. The van der Waals surface area contributed by atoms with Gasteiger partial charge in [-0.05, 0) is 42.0 Å². The van der Waals surface area contributed by atoms with Crippen molar-refractivity contribution < 1.29 is 27.4 Å². The van der Waals surface area contributed by atoms with Crippen molar-refractivity contribution in [2.45, 2.75) is 18.3 Å². The summed E-state index contributed by atoms with van der Waals surface area (Å²) in [6.45, 7) is -0.544. The summed E-state index contributed by atoms with van der Waals surface area (Å²) in [7, 11) is 1.30. The lowest BCUT2D eigenvalue weighted by atomic mass is 9.79. The first-order chi connectivity index (χ1) is 14.6. The maximum atomic E-state index is 12.7. The normalized spacial score (nSPS) is 13.5. The molecule has 2 aromatic carbocycles. The third-order valence-corrected chi connectivity index (χ3v) is 4.64. The molecule has 1 atom stereocenters. The number of rotatable bonds is 7. The number of nitrogens with zero attached hydrogens (tertiary/aromatic N) is 4. The molecule has 1 aromatic heterocycles. The topological polar surface area (TPSA) is 116 Å². The van der Waals surface area contributed by atoms with Crippen molar-refractivity contribution in [3.05, 3.63) is 52.5 Å². The van der Waals surface area contributed by atoms with Crippen molar-refractivity contribution in [2.75, 3.05) is 13.7 Å². The second kappa shape index (κ2) is 8.41. The molecule has 0 spiro atoms. The van der Waals surface area contributed by atoms with E-state index in [1.165, 1.54) is 11.9 Å². The summed E-state index contributed by atoms with van der Waals surface area (Å²) in [5, 5.41) is 19.0. The summed E-state index contributed by atoms with van der Waals surface area (Å²) in [6, 6.07) is 9.77. The smallest absolute Gasteiger partial charge is 0.406 e. The molecule has 0 aliphatic carbocycles. The molecule has 0 fully saturated rings. The predicted octanol–water partition coefficient (Wildman–Crippen LogP) is 3.19. The van der Waals surface area contributed by atoms with E-state index in [0.29, 0.717) is 16.1 Å². The number of nitrogens with two attached hydrogens (primary N) is 1. The average Bonchev–Trinajstić information content (AvgIpc) is 3.07. The molecule has 12 heteroatoms. The Morgan fingerprint density at radius 3 is 2.55 bits per heavy atom. The highest BCUT2D eigenvalue weighted by Crippen LogP contribution is 2.34. The molecule has 1 amide bonds. The quantitative estimate of drug-likeness (QED) is 0.587. The van der Waals surface area contributed by atoms with Crippen molar-refractivity contribution in [1.82, 2.24) is 15.0 Å². The summed E-state index contributed by atoms with van der Waals surface area (Å²) in [5.74, 6) is -1.55. The van der Waals surface area contributed by atoms with Crippen LogP contribution >= 0.6 is 11.6 Å². The van der Waals surface area contributed by atoms with Crippen molar-refractivity contribution in [2.24, 2.45) is 5.73 Å². The second-order valence-electron chi connectivity index (χ2n) is 6.61. The number of fused-ring (bicyclic) bond motifs is 1. The van der Waals surface area contributed by atoms with Crippen molar-refractivity contribution in [3.8, 4) is 11.8 Å². The number of hydrogen-bond donors (Lipinski definition) is 1. The van der Waals surface area contributed by atoms with Crippen LogP contribution in [0.5, 0.6) is 5.75 Å². The van der Waals surface area contributed by atoms with Crippen molar-refractivity contribution in [1.29, 1.82) is 5.26 Å². The number of benzene rings is 2. The van der Waals surface area contributed by atoms with Crippen LogP contribution < -0.4 is 10.5 Å². The van der Waals surface area contributed by atoms with Crippen LogP contribution in [0.15, 0.2) is 36.4 Å². The monoisotopic (exact) mass is 453 g/mol. The Morgan fingerprint density at radius 1 is 1.23 bits per heavy atom. The van der Waals surface area contributed by atoms with Gasteiger partial charge in [-0.3, -0.25) is 4.79 Å². The van der Waals surface area contributed by atoms with Crippen LogP contribution in [0.2, 0.25) is 5.02 Å². The first kappa shape index (κ1) is 22.3. The first-order valence-electron chi connectivity index (χ1n) is 8.67. The van der Waals surface area contributed by atoms with Crippen LogP contribution in [-0.2, 0) is 16.7 Å². The maximum Gasteiger partial charge on any atom is 0.573 e. The van der Waals surface area contributed by atoms with Crippen molar-refractivity contribution >= 4 is 28.5 Å². The third kappa shape index (κ3) is 4.87. The number of aromatic nitrogens is 3. The second-order valence-corrected chi connectivity index (χ2v) is 7.05. The number of carbonyl (C=O) groups is 1. The van der Waals surface area contributed by atoms with Gasteiger partial charge < -0.3 is 15.2 Å². The van der Waals surface area contributed by atoms with Gasteiger partial charge in [-0.25, -0.2) is 0 Å². The van der Waals surface area contributed by atoms with Crippen LogP contribution in [0.25, 0.3) is 11.0 Å².